The van der Waals surface area contributed by atoms with E-state index < -0.39 is 5.60 Å². The van der Waals surface area contributed by atoms with Gasteiger partial charge >= 0.3 is 6.09 Å². The van der Waals surface area contributed by atoms with Crippen LogP contribution in [0.25, 0.3) is 0 Å². The molecule has 0 fully saturated rings. The SMILES string of the molecule is C#CCCNCC(CNC(=O)OC(C)(C)C)C(C)C. The Labute approximate surface area is 117 Å². The fourth-order valence-corrected chi connectivity index (χ4v) is 1.52. The number of hydrogen-bond acceptors (Lipinski definition) is 3. The van der Waals surface area contributed by atoms with Crippen LogP contribution in [-0.2, 0) is 4.74 Å². The first-order valence-electron chi connectivity index (χ1n) is 6.87. The number of amides is 1. The quantitative estimate of drug-likeness (QED) is 0.550. The average Bonchev–Trinajstić information content (AvgIpc) is 2.25. The fourth-order valence-electron chi connectivity index (χ4n) is 1.52. The molecule has 0 aliphatic carbocycles. The van der Waals surface area contributed by atoms with E-state index in [9.17, 15) is 4.79 Å². The zero-order chi connectivity index (χ0) is 14.9. The van der Waals surface area contributed by atoms with E-state index in [1.165, 1.54) is 0 Å². The first kappa shape index (κ1) is 17.8. The van der Waals surface area contributed by atoms with Crippen LogP contribution in [0, 0.1) is 24.2 Å². The lowest BCUT2D eigenvalue weighted by atomic mass is 9.96. The highest BCUT2D eigenvalue weighted by atomic mass is 16.6. The lowest BCUT2D eigenvalue weighted by Crippen LogP contribution is -2.39. The minimum Gasteiger partial charge on any atom is -0.444 e. The molecule has 1 amide bonds. The van der Waals surface area contributed by atoms with Gasteiger partial charge in [-0.05, 0) is 39.2 Å². The molecule has 1 unspecified atom stereocenters. The molecule has 1 atom stereocenters. The molecule has 2 N–H and O–H groups in total. The molecular formula is C15H28N2O2. The Kier molecular flexibility index (Phi) is 8.26. The van der Waals surface area contributed by atoms with Crippen LogP contribution in [0.15, 0.2) is 0 Å². The average molecular weight is 268 g/mol. The third-order valence-corrected chi connectivity index (χ3v) is 2.70. The number of ether oxygens (including phenoxy) is 1. The summed E-state index contributed by atoms with van der Waals surface area (Å²) in [7, 11) is 0. The highest BCUT2D eigenvalue weighted by Gasteiger charge is 2.18. The number of carbonyl (C=O) groups is 1. The van der Waals surface area contributed by atoms with Gasteiger partial charge in [0.2, 0.25) is 0 Å². The van der Waals surface area contributed by atoms with E-state index in [-0.39, 0.29) is 6.09 Å². The molecule has 4 nitrogen and oxygen atoms in total. The summed E-state index contributed by atoms with van der Waals surface area (Å²) in [5.41, 5.74) is -0.456. The first-order valence-corrected chi connectivity index (χ1v) is 6.87. The predicted molar refractivity (Wildman–Crippen MR) is 78.9 cm³/mol. The van der Waals surface area contributed by atoms with Crippen molar-refractivity contribution in [2.75, 3.05) is 19.6 Å². The van der Waals surface area contributed by atoms with Crippen molar-refractivity contribution < 1.29 is 9.53 Å². The van der Waals surface area contributed by atoms with E-state index >= 15 is 0 Å². The van der Waals surface area contributed by atoms with E-state index in [2.05, 4.69) is 30.4 Å². The molecule has 0 saturated heterocycles. The van der Waals surface area contributed by atoms with Crippen molar-refractivity contribution >= 4 is 6.09 Å². The molecule has 0 aromatic heterocycles. The summed E-state index contributed by atoms with van der Waals surface area (Å²) in [4.78, 5) is 11.6. The molecule has 0 aromatic carbocycles. The maximum atomic E-state index is 11.6. The second-order valence-corrected chi connectivity index (χ2v) is 6.05. The summed E-state index contributed by atoms with van der Waals surface area (Å²) in [6.07, 6.45) is 5.57. The summed E-state index contributed by atoms with van der Waals surface area (Å²) in [5, 5.41) is 6.13. The van der Waals surface area contributed by atoms with Gasteiger partial charge in [-0.25, -0.2) is 4.79 Å². The van der Waals surface area contributed by atoms with Gasteiger partial charge in [-0.15, -0.1) is 12.3 Å². The van der Waals surface area contributed by atoms with E-state index in [1.807, 2.05) is 20.8 Å². The van der Waals surface area contributed by atoms with E-state index in [4.69, 9.17) is 11.2 Å². The van der Waals surface area contributed by atoms with Gasteiger partial charge in [0, 0.05) is 19.5 Å². The molecular weight excluding hydrogens is 240 g/mol. The lowest BCUT2D eigenvalue weighted by molar-refractivity contribution is 0.0515. The molecule has 0 heterocycles. The van der Waals surface area contributed by atoms with Gasteiger partial charge in [-0.3, -0.25) is 0 Å². The third-order valence-electron chi connectivity index (χ3n) is 2.70. The van der Waals surface area contributed by atoms with Gasteiger partial charge < -0.3 is 15.4 Å². The van der Waals surface area contributed by atoms with Gasteiger partial charge in [-0.2, -0.15) is 0 Å². The summed E-state index contributed by atoms with van der Waals surface area (Å²) >= 11 is 0. The van der Waals surface area contributed by atoms with Crippen LogP contribution >= 0.6 is 0 Å². The second-order valence-electron chi connectivity index (χ2n) is 6.05. The second kappa shape index (κ2) is 8.82. The Morgan fingerprint density at radius 1 is 1.32 bits per heavy atom. The molecule has 0 radical (unpaired) electrons. The standard InChI is InChI=1S/C15H28N2O2/c1-7-8-9-16-10-13(12(2)3)11-17-14(18)19-15(4,5)6/h1,12-13,16H,8-11H2,2-6H3,(H,17,18). The molecule has 0 aromatic rings. The molecule has 0 saturated carbocycles. The van der Waals surface area contributed by atoms with Crippen molar-refractivity contribution in [3.8, 4) is 12.3 Å². The number of carbonyl (C=O) groups excluding carboxylic acids is 1. The van der Waals surface area contributed by atoms with Gasteiger partial charge in [0.25, 0.3) is 0 Å². The number of nitrogens with one attached hydrogen (secondary N) is 2. The van der Waals surface area contributed by atoms with Crippen molar-refractivity contribution in [3.63, 3.8) is 0 Å². The number of rotatable bonds is 7. The maximum absolute atomic E-state index is 11.6. The lowest BCUT2D eigenvalue weighted by Gasteiger charge is -2.24. The van der Waals surface area contributed by atoms with Crippen LogP contribution in [0.4, 0.5) is 4.79 Å². The summed E-state index contributed by atoms with van der Waals surface area (Å²) in [6.45, 7) is 12.1. The Hall–Kier alpha value is -1.21. The third kappa shape index (κ3) is 10.4. The van der Waals surface area contributed by atoms with Gasteiger partial charge in [0.1, 0.15) is 5.60 Å². The van der Waals surface area contributed by atoms with Crippen LogP contribution in [0.1, 0.15) is 41.0 Å². The van der Waals surface area contributed by atoms with Crippen LogP contribution in [0.3, 0.4) is 0 Å². The summed E-state index contributed by atoms with van der Waals surface area (Å²) < 4.78 is 5.21. The monoisotopic (exact) mass is 268 g/mol. The topological polar surface area (TPSA) is 50.4 Å². The molecule has 0 rings (SSSR count). The Bertz CT molecular complexity index is 300. The Morgan fingerprint density at radius 3 is 2.42 bits per heavy atom. The molecule has 0 bridgehead atoms. The normalized spacial score (nSPS) is 12.9. The summed E-state index contributed by atoms with van der Waals surface area (Å²) in [6, 6.07) is 0. The van der Waals surface area contributed by atoms with Crippen LogP contribution in [0.5, 0.6) is 0 Å². The van der Waals surface area contributed by atoms with E-state index in [0.29, 0.717) is 18.4 Å². The number of alkyl carbamates (subject to hydrolysis) is 1. The fraction of sp³-hybridized carbons (Fsp3) is 0.800. The molecule has 0 aliphatic heterocycles. The Balaban J connectivity index is 4.01. The molecule has 4 heteroatoms. The summed E-state index contributed by atoms with van der Waals surface area (Å²) in [5.74, 6) is 3.44. The largest absolute Gasteiger partial charge is 0.444 e. The molecule has 0 spiro atoms. The van der Waals surface area contributed by atoms with Crippen molar-refractivity contribution in [1.29, 1.82) is 0 Å². The predicted octanol–water partition coefficient (Wildman–Crippen LogP) is 2.40. The molecule has 110 valence electrons. The molecule has 19 heavy (non-hydrogen) atoms. The van der Waals surface area contributed by atoms with E-state index in [0.717, 1.165) is 19.5 Å². The minimum absolute atomic E-state index is 0.359. The first-order chi connectivity index (χ1) is 8.76. The van der Waals surface area contributed by atoms with Gasteiger partial charge in [-0.1, -0.05) is 13.8 Å². The van der Waals surface area contributed by atoms with Crippen LogP contribution in [-0.4, -0.2) is 31.3 Å². The highest BCUT2D eigenvalue weighted by Crippen LogP contribution is 2.10. The zero-order valence-electron chi connectivity index (χ0n) is 12.9. The van der Waals surface area contributed by atoms with Gasteiger partial charge in [0.05, 0.1) is 0 Å². The van der Waals surface area contributed by atoms with Crippen molar-refractivity contribution in [2.24, 2.45) is 11.8 Å². The maximum Gasteiger partial charge on any atom is 0.407 e. The zero-order valence-corrected chi connectivity index (χ0v) is 12.9. The highest BCUT2D eigenvalue weighted by molar-refractivity contribution is 5.67. The number of terminal acetylenes is 1. The van der Waals surface area contributed by atoms with Crippen LogP contribution < -0.4 is 10.6 Å². The molecule has 0 aliphatic rings. The van der Waals surface area contributed by atoms with E-state index in [1.54, 1.807) is 0 Å². The van der Waals surface area contributed by atoms with Crippen molar-refractivity contribution in [1.82, 2.24) is 10.6 Å². The van der Waals surface area contributed by atoms with Crippen molar-refractivity contribution in [2.45, 2.75) is 46.6 Å². The number of hydrogen-bond donors (Lipinski definition) is 2. The minimum atomic E-state index is -0.456. The Morgan fingerprint density at radius 2 is 1.95 bits per heavy atom. The van der Waals surface area contributed by atoms with Crippen LogP contribution in [0.2, 0.25) is 0 Å². The smallest absolute Gasteiger partial charge is 0.407 e. The van der Waals surface area contributed by atoms with Gasteiger partial charge in [0.15, 0.2) is 0 Å². The van der Waals surface area contributed by atoms with Crippen molar-refractivity contribution in [3.05, 3.63) is 0 Å².